The molecule has 1 aromatic heterocycles. The van der Waals surface area contributed by atoms with E-state index in [0.29, 0.717) is 6.54 Å². The van der Waals surface area contributed by atoms with Crippen molar-refractivity contribution < 1.29 is 19.1 Å². The van der Waals surface area contributed by atoms with Gasteiger partial charge in [0.15, 0.2) is 5.82 Å². The first-order valence-corrected chi connectivity index (χ1v) is 7.87. The molecule has 0 bridgehead atoms. The summed E-state index contributed by atoms with van der Waals surface area (Å²) in [5.74, 6) is -0.924. The molecule has 2 heterocycles. The lowest BCUT2D eigenvalue weighted by Gasteiger charge is -2.31. The van der Waals surface area contributed by atoms with Crippen LogP contribution in [0.4, 0.5) is 5.82 Å². The number of esters is 1. The number of ether oxygens (including phenoxy) is 1. The molecular weight excluding hydrogens is 314 g/mol. The molecule has 24 heavy (non-hydrogen) atoms. The molecule has 1 aromatic rings. The minimum Gasteiger partial charge on any atom is -0.465 e. The third kappa shape index (κ3) is 4.30. The third-order valence-electron chi connectivity index (χ3n) is 3.69. The second-order valence-corrected chi connectivity index (χ2v) is 6.67. The summed E-state index contributed by atoms with van der Waals surface area (Å²) in [7, 11) is 0. The van der Waals surface area contributed by atoms with Gasteiger partial charge in [0.2, 0.25) is 11.8 Å². The molecule has 1 aliphatic rings. The maximum atomic E-state index is 12.3. The molecule has 2 amide bonds. The summed E-state index contributed by atoms with van der Waals surface area (Å²) in [6, 6.07) is 0. The van der Waals surface area contributed by atoms with Crippen LogP contribution in [0.5, 0.6) is 0 Å². The highest BCUT2D eigenvalue weighted by molar-refractivity contribution is 5.96. The molecule has 1 saturated heterocycles. The number of likely N-dealkylation sites (tertiary alicyclic amines) is 1. The summed E-state index contributed by atoms with van der Waals surface area (Å²) in [6.07, 6.45) is 1.63. The number of aromatic nitrogens is 3. The Hall–Kier alpha value is -2.45. The van der Waals surface area contributed by atoms with Gasteiger partial charge < -0.3 is 15.0 Å². The molecule has 1 unspecified atom stereocenters. The van der Waals surface area contributed by atoms with Gasteiger partial charge in [0.25, 0.3) is 0 Å². The van der Waals surface area contributed by atoms with Crippen LogP contribution in [0.3, 0.4) is 0 Å². The van der Waals surface area contributed by atoms with Gasteiger partial charge in [-0.3, -0.25) is 14.4 Å². The standard InChI is InChI=1S/C15H23N5O4/c1-5-24-13(22)9-19-8-11(17-18-19)16-14(23)10-6-12(21)20(7-10)15(2,3)4/h8,10H,5-7,9H2,1-4H3,(H,16,23). The van der Waals surface area contributed by atoms with Gasteiger partial charge in [0, 0.05) is 18.5 Å². The first-order valence-electron chi connectivity index (χ1n) is 7.87. The Morgan fingerprint density at radius 3 is 2.71 bits per heavy atom. The van der Waals surface area contributed by atoms with Crippen molar-refractivity contribution in [1.29, 1.82) is 0 Å². The summed E-state index contributed by atoms with van der Waals surface area (Å²) in [5.41, 5.74) is -0.311. The van der Waals surface area contributed by atoms with Crippen molar-refractivity contribution in [3.8, 4) is 0 Å². The Bertz CT molecular complexity index is 634. The first-order chi connectivity index (χ1) is 11.2. The molecule has 0 aliphatic carbocycles. The maximum Gasteiger partial charge on any atom is 0.327 e. The number of nitrogens with zero attached hydrogens (tertiary/aromatic N) is 4. The van der Waals surface area contributed by atoms with Crippen molar-refractivity contribution in [2.75, 3.05) is 18.5 Å². The van der Waals surface area contributed by atoms with Gasteiger partial charge in [0.1, 0.15) is 6.54 Å². The van der Waals surface area contributed by atoms with Gasteiger partial charge in [-0.15, -0.1) is 5.10 Å². The van der Waals surface area contributed by atoms with E-state index in [1.807, 2.05) is 20.8 Å². The van der Waals surface area contributed by atoms with Gasteiger partial charge in [-0.05, 0) is 27.7 Å². The zero-order chi connectivity index (χ0) is 17.9. The van der Waals surface area contributed by atoms with Crippen molar-refractivity contribution in [3.63, 3.8) is 0 Å². The SMILES string of the molecule is CCOC(=O)Cn1cc(NC(=O)C2CC(=O)N(C(C)(C)C)C2)nn1. The van der Waals surface area contributed by atoms with Gasteiger partial charge in [-0.2, -0.15) is 0 Å². The van der Waals surface area contributed by atoms with Gasteiger partial charge in [-0.25, -0.2) is 4.68 Å². The van der Waals surface area contributed by atoms with E-state index in [0.717, 1.165) is 0 Å². The van der Waals surface area contributed by atoms with Crippen LogP contribution in [-0.4, -0.2) is 56.4 Å². The molecule has 0 radical (unpaired) electrons. The summed E-state index contributed by atoms with van der Waals surface area (Å²) in [5, 5.41) is 10.2. The fourth-order valence-corrected chi connectivity index (χ4v) is 2.53. The number of amides is 2. The Kier molecular flexibility index (Phi) is 5.20. The number of nitrogens with one attached hydrogen (secondary N) is 1. The fraction of sp³-hybridized carbons (Fsp3) is 0.667. The predicted molar refractivity (Wildman–Crippen MR) is 84.9 cm³/mol. The van der Waals surface area contributed by atoms with Gasteiger partial charge in [0.05, 0.1) is 18.7 Å². The van der Waals surface area contributed by atoms with Crippen LogP contribution < -0.4 is 5.32 Å². The summed E-state index contributed by atoms with van der Waals surface area (Å²) < 4.78 is 6.10. The third-order valence-corrected chi connectivity index (χ3v) is 3.69. The van der Waals surface area contributed by atoms with Crippen molar-refractivity contribution in [2.24, 2.45) is 5.92 Å². The van der Waals surface area contributed by atoms with E-state index in [4.69, 9.17) is 4.74 Å². The molecule has 9 heteroatoms. The van der Waals surface area contributed by atoms with Crippen LogP contribution in [0.2, 0.25) is 0 Å². The van der Waals surface area contributed by atoms with E-state index in [1.165, 1.54) is 10.9 Å². The van der Waals surface area contributed by atoms with E-state index >= 15 is 0 Å². The minimum absolute atomic E-state index is 0.0337. The van der Waals surface area contributed by atoms with Crippen LogP contribution in [0, 0.1) is 5.92 Å². The second kappa shape index (κ2) is 6.98. The lowest BCUT2D eigenvalue weighted by atomic mass is 10.1. The molecule has 0 spiro atoms. The number of hydrogen-bond donors (Lipinski definition) is 1. The van der Waals surface area contributed by atoms with Gasteiger partial charge in [-0.1, -0.05) is 5.21 Å². The normalized spacial score (nSPS) is 17.9. The van der Waals surface area contributed by atoms with Crippen molar-refractivity contribution >= 4 is 23.6 Å². The topological polar surface area (TPSA) is 106 Å². The first kappa shape index (κ1) is 17.9. The van der Waals surface area contributed by atoms with Crippen LogP contribution >= 0.6 is 0 Å². The molecule has 1 atom stereocenters. The highest BCUT2D eigenvalue weighted by Crippen LogP contribution is 2.26. The Balaban J connectivity index is 1.93. The number of hydrogen-bond acceptors (Lipinski definition) is 6. The molecule has 132 valence electrons. The zero-order valence-electron chi connectivity index (χ0n) is 14.4. The largest absolute Gasteiger partial charge is 0.465 e. The second-order valence-electron chi connectivity index (χ2n) is 6.67. The number of carbonyl (C=O) groups excluding carboxylic acids is 3. The van der Waals surface area contributed by atoms with Crippen molar-refractivity contribution in [2.45, 2.75) is 46.2 Å². The Morgan fingerprint density at radius 2 is 2.12 bits per heavy atom. The summed E-state index contributed by atoms with van der Waals surface area (Å²) >= 11 is 0. The van der Waals surface area contributed by atoms with Crippen LogP contribution in [0.1, 0.15) is 34.1 Å². The molecule has 2 rings (SSSR count). The summed E-state index contributed by atoms with van der Waals surface area (Å²) in [4.78, 5) is 37.4. The van der Waals surface area contributed by atoms with E-state index in [2.05, 4.69) is 15.6 Å². The lowest BCUT2D eigenvalue weighted by molar-refractivity contribution is -0.144. The Labute approximate surface area is 140 Å². The van der Waals surface area contributed by atoms with E-state index in [9.17, 15) is 14.4 Å². The van der Waals surface area contributed by atoms with Crippen LogP contribution in [0.15, 0.2) is 6.20 Å². The average molecular weight is 337 g/mol. The molecule has 1 fully saturated rings. The van der Waals surface area contributed by atoms with Gasteiger partial charge >= 0.3 is 5.97 Å². The van der Waals surface area contributed by atoms with E-state index in [-0.39, 0.29) is 42.7 Å². The highest BCUT2D eigenvalue weighted by atomic mass is 16.5. The summed E-state index contributed by atoms with van der Waals surface area (Å²) in [6.45, 7) is 8.12. The quantitative estimate of drug-likeness (QED) is 0.781. The maximum absolute atomic E-state index is 12.3. The van der Waals surface area contributed by atoms with Crippen molar-refractivity contribution in [1.82, 2.24) is 19.9 Å². The molecule has 1 N–H and O–H groups in total. The van der Waals surface area contributed by atoms with Crippen LogP contribution in [-0.2, 0) is 25.7 Å². The molecule has 0 aromatic carbocycles. The molecule has 9 nitrogen and oxygen atoms in total. The lowest BCUT2D eigenvalue weighted by Crippen LogP contribution is -2.42. The predicted octanol–water partition coefficient (Wildman–Crippen LogP) is 0.427. The Morgan fingerprint density at radius 1 is 1.42 bits per heavy atom. The van der Waals surface area contributed by atoms with Crippen LogP contribution in [0.25, 0.3) is 0 Å². The minimum atomic E-state index is -0.428. The fourth-order valence-electron chi connectivity index (χ4n) is 2.53. The van der Waals surface area contributed by atoms with Crippen molar-refractivity contribution in [3.05, 3.63) is 6.20 Å². The number of anilines is 1. The highest BCUT2D eigenvalue weighted by Gasteiger charge is 2.39. The van der Waals surface area contributed by atoms with E-state index < -0.39 is 11.9 Å². The zero-order valence-corrected chi connectivity index (χ0v) is 14.4. The molecular formula is C15H23N5O4. The smallest absolute Gasteiger partial charge is 0.327 e. The van der Waals surface area contributed by atoms with E-state index in [1.54, 1.807) is 11.8 Å². The molecule has 0 saturated carbocycles. The number of rotatable bonds is 5. The number of carbonyl (C=O) groups is 3. The monoisotopic (exact) mass is 337 g/mol. The molecule has 1 aliphatic heterocycles. The average Bonchev–Trinajstić information content (AvgIpc) is 3.05.